The van der Waals surface area contributed by atoms with E-state index in [1.54, 1.807) is 6.33 Å². The third-order valence-electron chi connectivity index (χ3n) is 5.91. The van der Waals surface area contributed by atoms with Gasteiger partial charge in [0, 0.05) is 30.5 Å². The quantitative estimate of drug-likeness (QED) is 0.553. The highest BCUT2D eigenvalue weighted by atomic mass is 16.5. The molecule has 1 aromatic carbocycles. The summed E-state index contributed by atoms with van der Waals surface area (Å²) < 4.78 is 5.30. The van der Waals surface area contributed by atoms with E-state index in [0.717, 1.165) is 54.5 Å². The molecule has 29 heavy (non-hydrogen) atoms. The van der Waals surface area contributed by atoms with Gasteiger partial charge in [-0.15, -0.1) is 0 Å². The van der Waals surface area contributed by atoms with Crippen LogP contribution in [0.25, 0.3) is 22.2 Å². The Bertz CT molecular complexity index is 1130. The van der Waals surface area contributed by atoms with Crippen molar-refractivity contribution in [3.8, 4) is 11.3 Å². The molecule has 1 atom stereocenters. The fourth-order valence-corrected chi connectivity index (χ4v) is 4.47. The van der Waals surface area contributed by atoms with Gasteiger partial charge in [0.2, 0.25) is 0 Å². The highest BCUT2D eigenvalue weighted by Gasteiger charge is 2.24. The molecular weight excluding hydrogens is 362 g/mol. The summed E-state index contributed by atoms with van der Waals surface area (Å²) in [5, 5.41) is 5.32. The zero-order chi connectivity index (χ0) is 19.8. The number of hydrogen-bond acceptors (Lipinski definition) is 5. The first-order valence-corrected chi connectivity index (χ1v) is 10.2. The number of nitrogens with one attached hydrogen (secondary N) is 1. The summed E-state index contributed by atoms with van der Waals surface area (Å²) in [6.07, 6.45) is 5.84. The van der Waals surface area contributed by atoms with Crippen molar-refractivity contribution in [2.75, 3.05) is 13.1 Å². The predicted molar refractivity (Wildman–Crippen MR) is 112 cm³/mol. The lowest BCUT2D eigenvalue weighted by atomic mass is 10.0. The number of aromatic amines is 1. The molecule has 1 saturated heterocycles. The van der Waals surface area contributed by atoms with Crippen LogP contribution in [0.1, 0.15) is 29.1 Å². The summed E-state index contributed by atoms with van der Waals surface area (Å²) >= 11 is 0. The monoisotopic (exact) mass is 387 g/mol. The smallest absolute Gasteiger partial charge is 0.143 e. The lowest BCUT2D eigenvalue weighted by Crippen LogP contribution is -2.20. The summed E-state index contributed by atoms with van der Waals surface area (Å²) in [7, 11) is 0. The van der Waals surface area contributed by atoms with Crippen LogP contribution in [-0.4, -0.2) is 38.1 Å². The first-order valence-electron chi connectivity index (χ1n) is 10.2. The van der Waals surface area contributed by atoms with Crippen LogP contribution < -0.4 is 0 Å². The van der Waals surface area contributed by atoms with Crippen molar-refractivity contribution in [1.82, 2.24) is 25.0 Å². The first kappa shape index (κ1) is 18.1. The van der Waals surface area contributed by atoms with Crippen molar-refractivity contribution >= 4 is 10.9 Å². The normalized spacial score (nSPS) is 17.4. The van der Waals surface area contributed by atoms with Crippen LogP contribution in [0.15, 0.2) is 47.4 Å². The topological polar surface area (TPSA) is 70.8 Å². The zero-order valence-electron chi connectivity index (χ0n) is 16.9. The van der Waals surface area contributed by atoms with Crippen molar-refractivity contribution in [2.45, 2.75) is 33.2 Å². The van der Waals surface area contributed by atoms with Gasteiger partial charge in [-0.25, -0.2) is 9.97 Å². The molecule has 4 aromatic rings. The SMILES string of the molecule is Cc1noc(C)c1-c1cc(C[C@H]2CCN(Cc3ccc4cc[nH]c4c3)C2)ncn1. The highest BCUT2D eigenvalue weighted by Crippen LogP contribution is 2.27. The Kier molecular flexibility index (Phi) is 4.64. The van der Waals surface area contributed by atoms with E-state index in [1.807, 2.05) is 20.0 Å². The van der Waals surface area contributed by atoms with Gasteiger partial charge in [-0.1, -0.05) is 17.3 Å². The number of benzene rings is 1. The number of aryl methyl sites for hydroxylation is 2. The maximum Gasteiger partial charge on any atom is 0.143 e. The van der Waals surface area contributed by atoms with Gasteiger partial charge in [-0.2, -0.15) is 0 Å². The molecule has 0 saturated carbocycles. The lowest BCUT2D eigenvalue weighted by Gasteiger charge is -2.16. The van der Waals surface area contributed by atoms with Crippen LogP contribution in [0.3, 0.4) is 0 Å². The predicted octanol–water partition coefficient (Wildman–Crippen LogP) is 4.29. The van der Waals surface area contributed by atoms with Crippen LogP contribution in [0.5, 0.6) is 0 Å². The van der Waals surface area contributed by atoms with Gasteiger partial charge in [0.25, 0.3) is 0 Å². The van der Waals surface area contributed by atoms with Crippen molar-refractivity contribution in [3.63, 3.8) is 0 Å². The van der Waals surface area contributed by atoms with Gasteiger partial charge >= 0.3 is 0 Å². The molecule has 148 valence electrons. The van der Waals surface area contributed by atoms with Gasteiger partial charge < -0.3 is 9.51 Å². The average molecular weight is 387 g/mol. The van der Waals surface area contributed by atoms with Crippen LogP contribution in [0.4, 0.5) is 0 Å². The van der Waals surface area contributed by atoms with E-state index >= 15 is 0 Å². The second kappa shape index (κ2) is 7.44. The minimum Gasteiger partial charge on any atom is -0.361 e. The summed E-state index contributed by atoms with van der Waals surface area (Å²) in [5.41, 5.74) is 6.43. The number of hydrogen-bond donors (Lipinski definition) is 1. The molecule has 1 N–H and O–H groups in total. The second-order valence-electron chi connectivity index (χ2n) is 8.09. The number of aromatic nitrogens is 4. The van der Waals surface area contributed by atoms with Gasteiger partial charge in [0.05, 0.1) is 17.0 Å². The molecule has 6 heteroatoms. The molecular formula is C23H25N5O. The second-order valence-corrected chi connectivity index (χ2v) is 8.09. The van der Waals surface area contributed by atoms with Crippen LogP contribution >= 0.6 is 0 Å². The van der Waals surface area contributed by atoms with E-state index in [4.69, 9.17) is 4.52 Å². The third kappa shape index (κ3) is 3.68. The Morgan fingerprint density at radius 3 is 2.97 bits per heavy atom. The summed E-state index contributed by atoms with van der Waals surface area (Å²) in [4.78, 5) is 14.8. The first-order chi connectivity index (χ1) is 14.2. The van der Waals surface area contributed by atoms with Gasteiger partial charge in [-0.3, -0.25) is 4.90 Å². The summed E-state index contributed by atoms with van der Waals surface area (Å²) in [6.45, 7) is 7.12. The average Bonchev–Trinajstić information content (AvgIpc) is 3.43. The molecule has 0 bridgehead atoms. The Morgan fingerprint density at radius 1 is 1.17 bits per heavy atom. The highest BCUT2D eigenvalue weighted by molar-refractivity contribution is 5.79. The fraction of sp³-hybridized carbons (Fsp3) is 0.348. The van der Waals surface area contributed by atoms with Crippen molar-refractivity contribution < 1.29 is 4.52 Å². The number of H-pyrrole nitrogens is 1. The molecule has 0 spiro atoms. The minimum atomic E-state index is 0.622. The maximum absolute atomic E-state index is 5.30. The Hall–Kier alpha value is -2.99. The molecule has 0 unspecified atom stereocenters. The molecule has 1 aliphatic heterocycles. The standard InChI is InChI=1S/C23H25N5O/c1-15-23(16(2)29-27-15)22-11-20(25-14-26-22)9-18-6-8-28(13-18)12-17-3-4-19-5-7-24-21(19)10-17/h3-5,7,10-11,14,18,24H,6,8-9,12-13H2,1-2H3/t18-/m1/s1. The maximum atomic E-state index is 5.30. The molecule has 0 aliphatic carbocycles. The zero-order valence-corrected chi connectivity index (χ0v) is 16.9. The molecule has 4 heterocycles. The molecule has 5 rings (SSSR count). The van der Waals surface area contributed by atoms with Gasteiger partial charge in [0.15, 0.2) is 0 Å². The summed E-state index contributed by atoms with van der Waals surface area (Å²) in [5.74, 6) is 1.43. The molecule has 3 aromatic heterocycles. The Balaban J connectivity index is 1.25. The van der Waals surface area contributed by atoms with E-state index in [0.29, 0.717) is 5.92 Å². The van der Waals surface area contributed by atoms with Crippen molar-refractivity contribution in [3.05, 3.63) is 65.6 Å². The van der Waals surface area contributed by atoms with Crippen molar-refractivity contribution in [2.24, 2.45) is 5.92 Å². The van der Waals surface area contributed by atoms with Crippen LogP contribution in [0.2, 0.25) is 0 Å². The van der Waals surface area contributed by atoms with E-state index < -0.39 is 0 Å². The largest absolute Gasteiger partial charge is 0.361 e. The molecule has 0 radical (unpaired) electrons. The Labute approximate surface area is 170 Å². The van der Waals surface area contributed by atoms with E-state index in [1.165, 1.54) is 22.9 Å². The Morgan fingerprint density at radius 2 is 2.10 bits per heavy atom. The molecule has 6 nitrogen and oxygen atoms in total. The number of rotatable bonds is 5. The lowest BCUT2D eigenvalue weighted by molar-refractivity contribution is 0.316. The molecule has 1 fully saturated rings. The van der Waals surface area contributed by atoms with Gasteiger partial charge in [0.1, 0.15) is 12.1 Å². The molecule has 1 aliphatic rings. The number of nitrogens with zero attached hydrogens (tertiary/aromatic N) is 4. The van der Waals surface area contributed by atoms with E-state index in [2.05, 4.69) is 55.3 Å². The summed E-state index contributed by atoms with van der Waals surface area (Å²) in [6, 6.07) is 10.9. The minimum absolute atomic E-state index is 0.622. The fourth-order valence-electron chi connectivity index (χ4n) is 4.47. The third-order valence-corrected chi connectivity index (χ3v) is 5.91. The van der Waals surface area contributed by atoms with Crippen LogP contribution in [-0.2, 0) is 13.0 Å². The number of fused-ring (bicyclic) bond motifs is 1. The van der Waals surface area contributed by atoms with E-state index in [9.17, 15) is 0 Å². The molecule has 0 amide bonds. The van der Waals surface area contributed by atoms with Crippen molar-refractivity contribution in [1.29, 1.82) is 0 Å². The van der Waals surface area contributed by atoms with E-state index in [-0.39, 0.29) is 0 Å². The van der Waals surface area contributed by atoms with Gasteiger partial charge in [-0.05, 0) is 68.3 Å². The number of likely N-dealkylation sites (tertiary alicyclic amines) is 1. The van der Waals surface area contributed by atoms with Crippen LogP contribution in [0, 0.1) is 19.8 Å².